The Morgan fingerprint density at radius 1 is 1.16 bits per heavy atom. The first-order valence-corrected chi connectivity index (χ1v) is 11.5. The molecule has 3 aromatic heterocycles. The molecule has 1 aromatic carbocycles. The zero-order chi connectivity index (χ0) is 21.4. The largest absolute Gasteiger partial charge is 0.344 e. The number of aromatic nitrogens is 4. The number of carbonyl (C=O) groups is 1. The molecule has 1 aliphatic heterocycles. The first-order chi connectivity index (χ1) is 15.0. The lowest BCUT2D eigenvalue weighted by molar-refractivity contribution is -0.114. The predicted molar refractivity (Wildman–Crippen MR) is 120 cm³/mol. The number of benzene rings is 1. The third-order valence-electron chi connectivity index (χ3n) is 5.04. The maximum Gasteiger partial charge on any atom is 0.223 e. The van der Waals surface area contributed by atoms with Gasteiger partial charge in [0.2, 0.25) is 16.0 Å². The smallest absolute Gasteiger partial charge is 0.223 e. The molecule has 0 atom stereocenters. The van der Waals surface area contributed by atoms with Gasteiger partial charge in [-0.15, -0.1) is 16.4 Å². The van der Waals surface area contributed by atoms with Gasteiger partial charge in [0.1, 0.15) is 5.82 Å². The standard InChI is InChI=1S/C20H20FN7OS2/c1-13(29)22-18-23-16(12-30-18)10-26-6-8-27(9-7-26)20-25-28-11-17(24-19(28)31-20)14-2-4-15(21)5-3-14/h2-5,11-12H,6-10H2,1H3,(H,22,23,29). The Hall–Kier alpha value is -2.89. The van der Waals surface area contributed by atoms with Gasteiger partial charge in [-0.25, -0.2) is 18.9 Å². The molecular formula is C20H20FN7OS2. The van der Waals surface area contributed by atoms with Crippen LogP contribution in [0.3, 0.4) is 0 Å². The van der Waals surface area contributed by atoms with Crippen LogP contribution in [0.1, 0.15) is 12.6 Å². The number of carbonyl (C=O) groups excluding carboxylic acids is 1. The molecule has 1 saturated heterocycles. The van der Waals surface area contributed by atoms with Crippen molar-refractivity contribution in [2.24, 2.45) is 0 Å². The maximum absolute atomic E-state index is 13.1. The minimum Gasteiger partial charge on any atom is -0.344 e. The lowest BCUT2D eigenvalue weighted by Gasteiger charge is -2.33. The van der Waals surface area contributed by atoms with Gasteiger partial charge in [0.25, 0.3) is 0 Å². The molecule has 8 nitrogen and oxygen atoms in total. The van der Waals surface area contributed by atoms with Crippen molar-refractivity contribution < 1.29 is 9.18 Å². The molecule has 0 spiro atoms. The molecule has 11 heteroatoms. The first kappa shape index (κ1) is 20.0. The molecule has 31 heavy (non-hydrogen) atoms. The van der Waals surface area contributed by atoms with E-state index in [-0.39, 0.29) is 11.7 Å². The normalized spacial score (nSPS) is 15.0. The van der Waals surface area contributed by atoms with Gasteiger partial charge in [-0.1, -0.05) is 11.3 Å². The van der Waals surface area contributed by atoms with Gasteiger partial charge in [0.15, 0.2) is 5.13 Å². The summed E-state index contributed by atoms with van der Waals surface area (Å²) < 4.78 is 14.9. The number of fused-ring (bicyclic) bond motifs is 1. The van der Waals surface area contributed by atoms with E-state index in [1.54, 1.807) is 28.0 Å². The monoisotopic (exact) mass is 457 g/mol. The molecule has 0 unspecified atom stereocenters. The van der Waals surface area contributed by atoms with Crippen molar-refractivity contribution in [3.63, 3.8) is 0 Å². The molecule has 1 fully saturated rings. The highest BCUT2D eigenvalue weighted by Gasteiger charge is 2.21. The van der Waals surface area contributed by atoms with Crippen molar-refractivity contribution in [2.75, 3.05) is 36.4 Å². The molecular weight excluding hydrogens is 437 g/mol. The number of halogens is 1. The van der Waals surface area contributed by atoms with Crippen molar-refractivity contribution >= 4 is 43.8 Å². The zero-order valence-corrected chi connectivity index (χ0v) is 18.4. The van der Waals surface area contributed by atoms with Gasteiger partial charge in [-0.3, -0.25) is 9.69 Å². The topological polar surface area (TPSA) is 78.7 Å². The van der Waals surface area contributed by atoms with Crippen LogP contribution in [-0.4, -0.2) is 56.6 Å². The minimum atomic E-state index is -0.257. The molecule has 4 aromatic rings. The second kappa shape index (κ2) is 8.33. The van der Waals surface area contributed by atoms with Gasteiger partial charge in [-0.2, -0.15) is 0 Å². The van der Waals surface area contributed by atoms with E-state index >= 15 is 0 Å². The average molecular weight is 458 g/mol. The van der Waals surface area contributed by atoms with Crippen LogP contribution in [-0.2, 0) is 11.3 Å². The number of imidazole rings is 1. The number of nitrogens with zero attached hydrogens (tertiary/aromatic N) is 6. The summed E-state index contributed by atoms with van der Waals surface area (Å²) in [5.41, 5.74) is 2.64. The molecule has 1 aliphatic rings. The third-order valence-corrected chi connectivity index (χ3v) is 6.83. The van der Waals surface area contributed by atoms with Gasteiger partial charge < -0.3 is 10.2 Å². The van der Waals surface area contributed by atoms with Crippen LogP contribution in [0.25, 0.3) is 16.2 Å². The third kappa shape index (κ3) is 4.43. The Kier molecular flexibility index (Phi) is 5.38. The van der Waals surface area contributed by atoms with E-state index in [4.69, 9.17) is 5.10 Å². The highest BCUT2D eigenvalue weighted by atomic mass is 32.1. The summed E-state index contributed by atoms with van der Waals surface area (Å²) in [6.07, 6.45) is 1.88. The molecule has 0 radical (unpaired) electrons. The fourth-order valence-corrected chi connectivity index (χ4v) is 5.17. The Morgan fingerprint density at radius 3 is 2.65 bits per heavy atom. The fourth-order valence-electron chi connectivity index (χ4n) is 3.49. The maximum atomic E-state index is 13.1. The van der Waals surface area contributed by atoms with Crippen molar-refractivity contribution in [1.29, 1.82) is 0 Å². The van der Waals surface area contributed by atoms with Crippen LogP contribution in [0.5, 0.6) is 0 Å². The molecule has 0 aliphatic carbocycles. The summed E-state index contributed by atoms with van der Waals surface area (Å²) in [4.78, 5) is 25.7. The molecule has 160 valence electrons. The quantitative estimate of drug-likeness (QED) is 0.495. The van der Waals surface area contributed by atoms with E-state index < -0.39 is 0 Å². The number of piperazine rings is 1. The van der Waals surface area contributed by atoms with E-state index in [2.05, 4.69) is 25.1 Å². The molecule has 0 bridgehead atoms. The van der Waals surface area contributed by atoms with Crippen molar-refractivity contribution in [3.8, 4) is 11.3 Å². The van der Waals surface area contributed by atoms with Gasteiger partial charge in [0, 0.05) is 50.6 Å². The number of hydrogen-bond acceptors (Lipinski definition) is 8. The van der Waals surface area contributed by atoms with Gasteiger partial charge in [-0.05, 0) is 24.3 Å². The summed E-state index contributed by atoms with van der Waals surface area (Å²) in [5, 5.41) is 11.0. The summed E-state index contributed by atoms with van der Waals surface area (Å²) in [6, 6.07) is 6.33. The summed E-state index contributed by atoms with van der Waals surface area (Å²) >= 11 is 3.01. The molecule has 1 amide bonds. The average Bonchev–Trinajstić information content (AvgIpc) is 3.44. The molecule has 4 heterocycles. The molecule has 1 N–H and O–H groups in total. The van der Waals surface area contributed by atoms with E-state index in [1.165, 1.54) is 30.4 Å². The second-order valence-electron chi connectivity index (χ2n) is 7.33. The number of hydrogen-bond donors (Lipinski definition) is 1. The Morgan fingerprint density at radius 2 is 1.94 bits per heavy atom. The summed E-state index contributed by atoms with van der Waals surface area (Å²) in [5.74, 6) is -0.360. The molecule has 0 saturated carbocycles. The fraction of sp³-hybridized carbons (Fsp3) is 0.300. The van der Waals surface area contributed by atoms with E-state index in [0.717, 1.165) is 59.8 Å². The molecule has 5 rings (SSSR count). The lowest BCUT2D eigenvalue weighted by Crippen LogP contribution is -2.46. The van der Waals surface area contributed by atoms with Crippen LogP contribution in [0.4, 0.5) is 14.7 Å². The number of nitrogens with one attached hydrogen (secondary N) is 1. The summed E-state index contributed by atoms with van der Waals surface area (Å²) in [6.45, 7) is 5.84. The van der Waals surface area contributed by atoms with Crippen molar-refractivity contribution in [1.82, 2.24) is 24.5 Å². The summed E-state index contributed by atoms with van der Waals surface area (Å²) in [7, 11) is 0. The van der Waals surface area contributed by atoms with Crippen LogP contribution in [0.15, 0.2) is 35.8 Å². The second-order valence-corrected chi connectivity index (χ2v) is 9.13. The van der Waals surface area contributed by atoms with Crippen molar-refractivity contribution in [3.05, 3.63) is 47.4 Å². The highest BCUT2D eigenvalue weighted by Crippen LogP contribution is 2.28. The van der Waals surface area contributed by atoms with Gasteiger partial charge in [0.05, 0.1) is 17.6 Å². The van der Waals surface area contributed by atoms with Crippen molar-refractivity contribution in [2.45, 2.75) is 13.5 Å². The van der Waals surface area contributed by atoms with E-state index in [1.807, 2.05) is 11.6 Å². The van der Waals surface area contributed by atoms with Gasteiger partial charge >= 0.3 is 0 Å². The van der Waals surface area contributed by atoms with Crippen LogP contribution < -0.4 is 10.2 Å². The Labute approximate surface area is 186 Å². The number of rotatable bonds is 5. The Bertz CT molecular complexity index is 1180. The lowest BCUT2D eigenvalue weighted by atomic mass is 10.2. The zero-order valence-electron chi connectivity index (χ0n) is 16.8. The minimum absolute atomic E-state index is 0.103. The number of anilines is 2. The first-order valence-electron chi connectivity index (χ1n) is 9.85. The van der Waals surface area contributed by atoms with E-state index in [9.17, 15) is 9.18 Å². The number of thiazole rings is 1. The van der Waals surface area contributed by atoms with E-state index in [0.29, 0.717) is 5.13 Å². The highest BCUT2D eigenvalue weighted by molar-refractivity contribution is 7.20. The Balaban J connectivity index is 1.20. The van der Waals surface area contributed by atoms with Crippen LogP contribution in [0, 0.1) is 5.82 Å². The predicted octanol–water partition coefficient (Wildman–Crippen LogP) is 3.33. The van der Waals surface area contributed by atoms with Crippen LogP contribution in [0.2, 0.25) is 0 Å². The number of amides is 1. The SMILES string of the molecule is CC(=O)Nc1nc(CN2CCN(c3nn4cc(-c5ccc(F)cc5)nc4s3)CC2)cs1. The van der Waals surface area contributed by atoms with Crippen LogP contribution >= 0.6 is 22.7 Å².